The number of rotatable bonds is 4. The van der Waals surface area contributed by atoms with Crippen molar-refractivity contribution in [3.05, 3.63) is 30.0 Å². The van der Waals surface area contributed by atoms with Crippen LogP contribution in [0, 0.1) is 6.92 Å². The molecular weight excluding hydrogens is 220 g/mol. The van der Waals surface area contributed by atoms with E-state index in [0.29, 0.717) is 17.4 Å². The van der Waals surface area contributed by atoms with Gasteiger partial charge in [0.1, 0.15) is 11.5 Å². The Labute approximate surface area is 99.3 Å². The van der Waals surface area contributed by atoms with E-state index >= 15 is 0 Å². The fraction of sp³-hybridized carbons (Fsp3) is 0.250. The smallest absolute Gasteiger partial charge is 0.229 e. The van der Waals surface area contributed by atoms with Crippen LogP contribution in [0.1, 0.15) is 5.69 Å². The first-order valence-electron chi connectivity index (χ1n) is 5.14. The van der Waals surface area contributed by atoms with E-state index < -0.39 is 0 Å². The third-order valence-corrected chi connectivity index (χ3v) is 2.25. The molecule has 0 saturated heterocycles. The van der Waals surface area contributed by atoms with Crippen LogP contribution in [-0.2, 0) is 0 Å². The molecule has 90 valence electrons. The standard InChI is InChI=1S/C12H14N2O3/c1-8-4-12(17-14-8)13-9-5-10(15-2)7-11(6-9)16-3/h4-7,13H,1-3H3. The molecule has 0 amide bonds. The first-order chi connectivity index (χ1) is 8.21. The molecular formula is C12H14N2O3. The number of methoxy groups -OCH3 is 2. The normalized spacial score (nSPS) is 10.1. The van der Waals surface area contributed by atoms with Gasteiger partial charge in [-0.25, -0.2) is 0 Å². The number of hydrogen-bond donors (Lipinski definition) is 1. The van der Waals surface area contributed by atoms with Crippen LogP contribution >= 0.6 is 0 Å². The number of anilines is 2. The highest BCUT2D eigenvalue weighted by Gasteiger charge is 2.05. The van der Waals surface area contributed by atoms with Crippen LogP contribution in [0.25, 0.3) is 0 Å². The molecule has 0 aliphatic heterocycles. The Balaban J connectivity index is 2.25. The second-order valence-electron chi connectivity index (χ2n) is 3.56. The Bertz CT molecular complexity index is 486. The van der Waals surface area contributed by atoms with E-state index in [2.05, 4.69) is 10.5 Å². The van der Waals surface area contributed by atoms with E-state index in [0.717, 1.165) is 11.4 Å². The molecule has 1 N–H and O–H groups in total. The number of hydrogen-bond acceptors (Lipinski definition) is 5. The third-order valence-electron chi connectivity index (χ3n) is 2.25. The van der Waals surface area contributed by atoms with Crippen LogP contribution in [0.5, 0.6) is 11.5 Å². The zero-order chi connectivity index (χ0) is 12.3. The van der Waals surface area contributed by atoms with Crippen molar-refractivity contribution >= 4 is 11.6 Å². The molecule has 1 heterocycles. The molecule has 0 fully saturated rings. The Morgan fingerprint density at radius 2 is 1.71 bits per heavy atom. The number of aromatic nitrogens is 1. The highest BCUT2D eigenvalue weighted by Crippen LogP contribution is 2.28. The summed E-state index contributed by atoms with van der Waals surface area (Å²) >= 11 is 0. The molecule has 0 radical (unpaired) electrons. The number of ether oxygens (including phenoxy) is 2. The van der Waals surface area contributed by atoms with Crippen molar-refractivity contribution in [1.82, 2.24) is 5.16 Å². The van der Waals surface area contributed by atoms with Gasteiger partial charge in [-0.1, -0.05) is 5.16 Å². The lowest BCUT2D eigenvalue weighted by Gasteiger charge is -2.08. The molecule has 5 nitrogen and oxygen atoms in total. The van der Waals surface area contributed by atoms with Gasteiger partial charge in [0.05, 0.1) is 19.9 Å². The number of nitrogens with one attached hydrogen (secondary N) is 1. The highest BCUT2D eigenvalue weighted by molar-refractivity contribution is 5.60. The molecule has 0 bridgehead atoms. The topological polar surface area (TPSA) is 56.5 Å². The van der Waals surface area contributed by atoms with E-state index in [1.807, 2.05) is 25.1 Å². The maximum absolute atomic E-state index is 5.17. The van der Waals surface area contributed by atoms with Gasteiger partial charge in [0, 0.05) is 30.0 Å². The van der Waals surface area contributed by atoms with Gasteiger partial charge < -0.3 is 19.3 Å². The van der Waals surface area contributed by atoms with Gasteiger partial charge in [0.2, 0.25) is 5.88 Å². The number of aryl methyl sites for hydroxylation is 1. The summed E-state index contributed by atoms with van der Waals surface area (Å²) in [5.74, 6) is 2.00. The summed E-state index contributed by atoms with van der Waals surface area (Å²) in [6, 6.07) is 7.31. The predicted octanol–water partition coefficient (Wildman–Crippen LogP) is 2.74. The maximum atomic E-state index is 5.17. The molecule has 0 aliphatic carbocycles. The Hall–Kier alpha value is -2.17. The Kier molecular flexibility index (Phi) is 3.18. The van der Waals surface area contributed by atoms with E-state index in [9.17, 15) is 0 Å². The largest absolute Gasteiger partial charge is 0.497 e. The van der Waals surface area contributed by atoms with Crippen LogP contribution in [0.2, 0.25) is 0 Å². The van der Waals surface area contributed by atoms with Gasteiger partial charge in [-0.2, -0.15) is 0 Å². The zero-order valence-electron chi connectivity index (χ0n) is 9.98. The third kappa shape index (κ3) is 2.69. The van der Waals surface area contributed by atoms with Crippen LogP contribution in [0.15, 0.2) is 28.8 Å². The first kappa shape index (κ1) is 11.3. The summed E-state index contributed by atoms with van der Waals surface area (Å²) in [5, 5.41) is 6.88. The molecule has 0 saturated carbocycles. The lowest BCUT2D eigenvalue weighted by Crippen LogP contribution is -1.92. The SMILES string of the molecule is COc1cc(Nc2cc(C)no2)cc(OC)c1. The van der Waals surface area contributed by atoms with Gasteiger partial charge in [-0.05, 0) is 6.92 Å². The highest BCUT2D eigenvalue weighted by atomic mass is 16.5. The van der Waals surface area contributed by atoms with Gasteiger partial charge in [0.15, 0.2) is 0 Å². The van der Waals surface area contributed by atoms with Crippen molar-refractivity contribution in [2.24, 2.45) is 0 Å². The number of benzene rings is 1. The maximum Gasteiger partial charge on any atom is 0.229 e. The number of nitrogens with zero attached hydrogens (tertiary/aromatic N) is 1. The zero-order valence-corrected chi connectivity index (χ0v) is 9.98. The van der Waals surface area contributed by atoms with Crippen LogP contribution < -0.4 is 14.8 Å². The van der Waals surface area contributed by atoms with Gasteiger partial charge >= 0.3 is 0 Å². The first-order valence-corrected chi connectivity index (χ1v) is 5.14. The minimum Gasteiger partial charge on any atom is -0.497 e. The van der Waals surface area contributed by atoms with Crippen LogP contribution in [0.4, 0.5) is 11.6 Å². The predicted molar refractivity (Wildman–Crippen MR) is 64.1 cm³/mol. The summed E-state index contributed by atoms with van der Waals surface area (Å²) in [4.78, 5) is 0. The van der Waals surface area contributed by atoms with Gasteiger partial charge in [-0.3, -0.25) is 0 Å². The van der Waals surface area contributed by atoms with Crippen molar-refractivity contribution in [1.29, 1.82) is 0 Å². The average Bonchev–Trinajstić information content (AvgIpc) is 2.74. The van der Waals surface area contributed by atoms with Crippen molar-refractivity contribution in [2.75, 3.05) is 19.5 Å². The van der Waals surface area contributed by atoms with E-state index in [-0.39, 0.29) is 0 Å². The van der Waals surface area contributed by atoms with Crippen molar-refractivity contribution in [3.63, 3.8) is 0 Å². The molecule has 0 spiro atoms. The van der Waals surface area contributed by atoms with E-state index in [1.165, 1.54) is 0 Å². The van der Waals surface area contributed by atoms with Crippen LogP contribution in [-0.4, -0.2) is 19.4 Å². The second-order valence-corrected chi connectivity index (χ2v) is 3.56. The molecule has 0 unspecified atom stereocenters. The van der Waals surface area contributed by atoms with Crippen LogP contribution in [0.3, 0.4) is 0 Å². The molecule has 5 heteroatoms. The van der Waals surface area contributed by atoms with E-state index in [1.54, 1.807) is 20.3 Å². The average molecular weight is 234 g/mol. The molecule has 17 heavy (non-hydrogen) atoms. The second kappa shape index (κ2) is 4.78. The fourth-order valence-electron chi connectivity index (χ4n) is 1.44. The van der Waals surface area contributed by atoms with E-state index in [4.69, 9.17) is 14.0 Å². The summed E-state index contributed by atoms with van der Waals surface area (Å²) in [6.07, 6.45) is 0. The molecule has 1 aromatic heterocycles. The molecule has 2 aromatic rings. The summed E-state index contributed by atoms with van der Waals surface area (Å²) in [6.45, 7) is 1.86. The lowest BCUT2D eigenvalue weighted by molar-refractivity contribution is 0.394. The minimum atomic E-state index is 0.581. The Morgan fingerprint density at radius 3 is 2.18 bits per heavy atom. The molecule has 1 aromatic carbocycles. The summed E-state index contributed by atoms with van der Waals surface area (Å²) < 4.78 is 15.4. The molecule has 0 aliphatic rings. The monoisotopic (exact) mass is 234 g/mol. The van der Waals surface area contributed by atoms with Gasteiger partial charge in [0.25, 0.3) is 0 Å². The Morgan fingerprint density at radius 1 is 1.06 bits per heavy atom. The quantitative estimate of drug-likeness (QED) is 0.881. The summed E-state index contributed by atoms with van der Waals surface area (Å²) in [7, 11) is 3.22. The van der Waals surface area contributed by atoms with Crippen molar-refractivity contribution in [2.45, 2.75) is 6.92 Å². The summed E-state index contributed by atoms with van der Waals surface area (Å²) in [5.41, 5.74) is 1.64. The molecule has 2 rings (SSSR count). The lowest BCUT2D eigenvalue weighted by atomic mass is 10.2. The van der Waals surface area contributed by atoms with Gasteiger partial charge in [-0.15, -0.1) is 0 Å². The molecule has 0 atom stereocenters. The van der Waals surface area contributed by atoms with Crippen molar-refractivity contribution in [3.8, 4) is 11.5 Å². The fourth-order valence-corrected chi connectivity index (χ4v) is 1.44. The minimum absolute atomic E-state index is 0.581. The van der Waals surface area contributed by atoms with Crippen molar-refractivity contribution < 1.29 is 14.0 Å².